The van der Waals surface area contributed by atoms with E-state index in [-0.39, 0.29) is 11.4 Å². The summed E-state index contributed by atoms with van der Waals surface area (Å²) in [5, 5.41) is 9.37. The number of nitrogens with zero attached hydrogens (tertiary/aromatic N) is 3. The number of benzene rings is 2. The van der Waals surface area contributed by atoms with E-state index < -0.39 is 17.3 Å². The molecule has 2 aromatic carbocycles. The molecule has 6 nitrogen and oxygen atoms in total. The lowest BCUT2D eigenvalue weighted by Crippen LogP contribution is -2.51. The topological polar surface area (TPSA) is 61.1 Å². The Morgan fingerprint density at radius 2 is 1.88 bits per heavy atom. The predicted octanol–water partition coefficient (Wildman–Crippen LogP) is 4.83. The number of alkyl halides is 3. The minimum Gasteiger partial charge on any atom is -0.373 e. The van der Waals surface area contributed by atoms with E-state index in [9.17, 15) is 18.0 Å². The maximum absolute atomic E-state index is 13.2. The molecule has 0 spiro atoms. The van der Waals surface area contributed by atoms with E-state index in [1.165, 1.54) is 12.1 Å². The molecule has 1 saturated carbocycles. The van der Waals surface area contributed by atoms with Gasteiger partial charge in [-0.3, -0.25) is 14.0 Å². The van der Waals surface area contributed by atoms with E-state index in [1.807, 2.05) is 36.7 Å². The van der Waals surface area contributed by atoms with E-state index in [2.05, 4.69) is 10.4 Å². The van der Waals surface area contributed by atoms with Gasteiger partial charge >= 0.3 is 6.18 Å². The molecule has 9 heteroatoms. The first-order valence-corrected chi connectivity index (χ1v) is 11.1. The van der Waals surface area contributed by atoms with E-state index in [0.717, 1.165) is 34.8 Å². The number of nitrogens with one attached hydrogen (secondary N) is 1. The minimum absolute atomic E-state index is 0.165. The van der Waals surface area contributed by atoms with Crippen molar-refractivity contribution in [3.63, 3.8) is 0 Å². The Hall–Kier alpha value is -3.33. The number of aryl methyl sites for hydroxylation is 1. The van der Waals surface area contributed by atoms with Crippen LogP contribution in [0.1, 0.15) is 36.2 Å². The minimum atomic E-state index is -4.40. The number of hydrogen-bond acceptors (Lipinski definition) is 3. The fourth-order valence-electron chi connectivity index (χ4n) is 5.38. The first kappa shape index (κ1) is 21.2. The highest BCUT2D eigenvalue weighted by Crippen LogP contribution is 2.57. The molecule has 176 valence electrons. The molecule has 1 N–H and O–H groups in total. The van der Waals surface area contributed by atoms with Crippen LogP contribution in [0.3, 0.4) is 0 Å². The summed E-state index contributed by atoms with van der Waals surface area (Å²) >= 11 is 0. The fraction of sp³-hybridized carbons (Fsp3) is 0.360. The number of rotatable bonds is 3. The van der Waals surface area contributed by atoms with Gasteiger partial charge in [-0.2, -0.15) is 18.3 Å². The van der Waals surface area contributed by atoms with Crippen molar-refractivity contribution in [3.8, 4) is 5.69 Å². The van der Waals surface area contributed by atoms with Gasteiger partial charge in [0.2, 0.25) is 0 Å². The Morgan fingerprint density at radius 3 is 2.50 bits per heavy atom. The van der Waals surface area contributed by atoms with Crippen molar-refractivity contribution in [1.29, 1.82) is 0 Å². The molecule has 0 radical (unpaired) electrons. The van der Waals surface area contributed by atoms with Gasteiger partial charge in [-0.15, -0.1) is 0 Å². The van der Waals surface area contributed by atoms with Crippen molar-refractivity contribution in [3.05, 3.63) is 59.8 Å². The lowest BCUT2D eigenvalue weighted by atomic mass is 9.95. The molecule has 2 aliphatic rings. The van der Waals surface area contributed by atoms with Crippen molar-refractivity contribution in [1.82, 2.24) is 19.7 Å². The molecule has 6 rings (SSSR count). The number of fused-ring (bicyclic) bond motifs is 4. The lowest BCUT2D eigenvalue weighted by molar-refractivity contribution is -0.137. The Kier molecular flexibility index (Phi) is 4.14. The molecular formula is C25H23F3N4O2. The maximum Gasteiger partial charge on any atom is 0.416 e. The molecule has 34 heavy (non-hydrogen) atoms. The Bertz CT molecular complexity index is 1470. The van der Waals surface area contributed by atoms with Crippen LogP contribution in [-0.2, 0) is 18.0 Å². The average molecular weight is 468 g/mol. The van der Waals surface area contributed by atoms with Crippen molar-refractivity contribution in [2.75, 3.05) is 6.61 Å². The molecule has 2 unspecified atom stereocenters. The van der Waals surface area contributed by atoms with Gasteiger partial charge in [-0.25, -0.2) is 0 Å². The second-order valence-corrected chi connectivity index (χ2v) is 9.80. The van der Waals surface area contributed by atoms with Crippen LogP contribution in [0.25, 0.3) is 27.6 Å². The number of carbonyl (C=O) groups is 1. The molecule has 0 bridgehead atoms. The Labute approximate surface area is 193 Å². The standard InChI is InChI=1S/C25H23F3N4O2/c1-23(2)24(11-16(24)13-34-23)29-22(33)14-4-9-20-18(10-14)19-12-31(3)30-21(19)32(20)17-7-5-15(6-8-17)25(26,27)28/h4-10,12,16H,11,13H2,1-3H3,(H,29,33). The molecule has 3 heterocycles. The third-order valence-electron chi connectivity index (χ3n) is 7.43. The van der Waals surface area contributed by atoms with Gasteiger partial charge in [0.15, 0.2) is 5.65 Å². The number of aromatic nitrogens is 3. The summed E-state index contributed by atoms with van der Waals surface area (Å²) < 4.78 is 48.5. The third-order valence-corrected chi connectivity index (χ3v) is 7.43. The second kappa shape index (κ2) is 6.63. The van der Waals surface area contributed by atoms with E-state index in [4.69, 9.17) is 4.74 Å². The number of amides is 1. The molecule has 1 aliphatic carbocycles. The second-order valence-electron chi connectivity index (χ2n) is 9.80. The molecular weight excluding hydrogens is 445 g/mol. The number of halogens is 3. The summed E-state index contributed by atoms with van der Waals surface area (Å²) in [7, 11) is 1.79. The maximum atomic E-state index is 13.2. The molecule has 2 atom stereocenters. The summed E-state index contributed by atoms with van der Waals surface area (Å²) in [5.41, 5.74) is 0.997. The summed E-state index contributed by atoms with van der Waals surface area (Å²) in [6.45, 7) is 4.66. The predicted molar refractivity (Wildman–Crippen MR) is 121 cm³/mol. The molecule has 1 aliphatic heterocycles. The fourth-order valence-corrected chi connectivity index (χ4v) is 5.38. The summed E-state index contributed by atoms with van der Waals surface area (Å²) in [5.74, 6) is 0.170. The monoisotopic (exact) mass is 468 g/mol. The highest BCUT2D eigenvalue weighted by atomic mass is 19.4. The van der Waals surface area contributed by atoms with Crippen LogP contribution >= 0.6 is 0 Å². The first-order chi connectivity index (χ1) is 16.0. The quantitative estimate of drug-likeness (QED) is 0.468. The highest BCUT2D eigenvalue weighted by Gasteiger charge is 2.69. The number of ether oxygens (including phenoxy) is 1. The van der Waals surface area contributed by atoms with Crippen LogP contribution in [0.15, 0.2) is 48.7 Å². The van der Waals surface area contributed by atoms with Crippen molar-refractivity contribution >= 4 is 27.8 Å². The smallest absolute Gasteiger partial charge is 0.373 e. The largest absolute Gasteiger partial charge is 0.416 e. The van der Waals surface area contributed by atoms with Crippen molar-refractivity contribution in [2.24, 2.45) is 13.0 Å². The van der Waals surface area contributed by atoms with Gasteiger partial charge in [-0.05, 0) is 62.7 Å². The zero-order valence-corrected chi connectivity index (χ0v) is 18.9. The zero-order chi connectivity index (χ0) is 24.0. The van der Waals surface area contributed by atoms with Gasteiger partial charge in [0.25, 0.3) is 5.91 Å². The molecule has 4 aromatic rings. The summed E-state index contributed by atoms with van der Waals surface area (Å²) in [6, 6.07) is 10.4. The summed E-state index contributed by atoms with van der Waals surface area (Å²) in [6.07, 6.45) is -1.65. The van der Waals surface area contributed by atoms with Gasteiger partial charge in [0, 0.05) is 41.2 Å². The van der Waals surface area contributed by atoms with Gasteiger partial charge in [0.1, 0.15) is 0 Å². The molecule has 1 amide bonds. The highest BCUT2D eigenvalue weighted by molar-refractivity contribution is 6.10. The molecule has 2 fully saturated rings. The van der Waals surface area contributed by atoms with Crippen LogP contribution in [0, 0.1) is 5.92 Å². The Balaban J connectivity index is 1.43. The first-order valence-electron chi connectivity index (χ1n) is 11.1. The average Bonchev–Trinajstić information content (AvgIpc) is 3.12. The van der Waals surface area contributed by atoms with Crippen LogP contribution < -0.4 is 5.32 Å². The Morgan fingerprint density at radius 1 is 1.15 bits per heavy atom. The van der Waals surface area contributed by atoms with Crippen LogP contribution in [0.2, 0.25) is 0 Å². The summed E-state index contributed by atoms with van der Waals surface area (Å²) in [4.78, 5) is 13.2. The van der Waals surface area contributed by atoms with E-state index >= 15 is 0 Å². The molecule has 1 saturated heterocycles. The van der Waals surface area contributed by atoms with Crippen LogP contribution in [-0.4, -0.2) is 38.0 Å². The van der Waals surface area contributed by atoms with E-state index in [1.54, 1.807) is 17.8 Å². The van der Waals surface area contributed by atoms with Gasteiger partial charge in [0.05, 0.1) is 28.8 Å². The zero-order valence-electron chi connectivity index (χ0n) is 18.9. The van der Waals surface area contributed by atoms with Gasteiger partial charge < -0.3 is 10.1 Å². The van der Waals surface area contributed by atoms with Crippen molar-refractivity contribution in [2.45, 2.75) is 37.6 Å². The van der Waals surface area contributed by atoms with Crippen molar-refractivity contribution < 1.29 is 22.7 Å². The number of carbonyl (C=O) groups excluding carboxylic acids is 1. The van der Waals surface area contributed by atoms with Crippen LogP contribution in [0.5, 0.6) is 0 Å². The van der Waals surface area contributed by atoms with Crippen LogP contribution in [0.4, 0.5) is 13.2 Å². The van der Waals surface area contributed by atoms with E-state index in [0.29, 0.717) is 29.4 Å². The lowest BCUT2D eigenvalue weighted by Gasteiger charge is -2.31. The SMILES string of the molecule is Cn1cc2c3cc(C(=O)NC45CC4COC5(C)C)ccc3n(-c3ccc(C(F)(F)F)cc3)c2n1. The third kappa shape index (κ3) is 2.92. The van der Waals surface area contributed by atoms with Gasteiger partial charge in [-0.1, -0.05) is 0 Å². The number of hydrogen-bond donors (Lipinski definition) is 1. The normalized spacial score (nSPS) is 23.4. The molecule has 2 aromatic heterocycles.